The van der Waals surface area contributed by atoms with Gasteiger partial charge in [0.1, 0.15) is 0 Å². The zero-order valence-electron chi connectivity index (χ0n) is 10.8. The lowest BCUT2D eigenvalue weighted by molar-refractivity contribution is 0.652. The van der Waals surface area contributed by atoms with Crippen molar-refractivity contribution in [3.05, 3.63) is 28.8 Å². The first-order valence-corrected chi connectivity index (χ1v) is 6.71. The molecule has 0 saturated carbocycles. The third kappa shape index (κ3) is 2.75. The van der Waals surface area contributed by atoms with E-state index in [4.69, 9.17) is 11.6 Å². The molecule has 0 spiro atoms. The van der Waals surface area contributed by atoms with Crippen LogP contribution in [0.15, 0.2) is 18.2 Å². The van der Waals surface area contributed by atoms with Crippen LogP contribution in [-0.2, 0) is 0 Å². The summed E-state index contributed by atoms with van der Waals surface area (Å²) in [6, 6.07) is 6.73. The molecular formula is C14H21ClN2. The standard InChI is InChI=1S/C14H21ClN2/c1-10-6-7-17(9-10)12-4-5-13(11(2)16-3)14(15)8-12/h4-5,8,10-11,16H,6-7,9H2,1-3H3. The summed E-state index contributed by atoms with van der Waals surface area (Å²) >= 11 is 6.35. The smallest absolute Gasteiger partial charge is 0.0474 e. The maximum absolute atomic E-state index is 6.35. The summed E-state index contributed by atoms with van der Waals surface area (Å²) in [5.41, 5.74) is 2.43. The summed E-state index contributed by atoms with van der Waals surface area (Å²) in [5, 5.41) is 4.08. The fourth-order valence-corrected chi connectivity index (χ4v) is 2.73. The molecule has 94 valence electrons. The lowest BCUT2D eigenvalue weighted by atomic mass is 10.1. The molecule has 2 rings (SSSR count). The highest BCUT2D eigenvalue weighted by molar-refractivity contribution is 6.31. The van der Waals surface area contributed by atoms with Crippen molar-refractivity contribution in [1.29, 1.82) is 0 Å². The summed E-state index contributed by atoms with van der Waals surface area (Å²) in [7, 11) is 1.96. The van der Waals surface area contributed by atoms with Gasteiger partial charge in [0.2, 0.25) is 0 Å². The minimum absolute atomic E-state index is 0.300. The maximum atomic E-state index is 6.35. The van der Waals surface area contributed by atoms with Crippen LogP contribution < -0.4 is 10.2 Å². The number of benzene rings is 1. The van der Waals surface area contributed by atoms with Gasteiger partial charge >= 0.3 is 0 Å². The molecule has 0 amide bonds. The summed E-state index contributed by atoms with van der Waals surface area (Å²) in [6.45, 7) is 6.73. The van der Waals surface area contributed by atoms with Crippen LogP contribution in [0.4, 0.5) is 5.69 Å². The van der Waals surface area contributed by atoms with Gasteiger partial charge in [-0.05, 0) is 44.0 Å². The van der Waals surface area contributed by atoms with Gasteiger partial charge in [0.15, 0.2) is 0 Å². The highest BCUT2D eigenvalue weighted by Crippen LogP contribution is 2.30. The predicted molar refractivity (Wildman–Crippen MR) is 74.9 cm³/mol. The second kappa shape index (κ2) is 5.28. The number of rotatable bonds is 3. The summed E-state index contributed by atoms with van der Waals surface area (Å²) in [6.07, 6.45) is 1.28. The monoisotopic (exact) mass is 252 g/mol. The highest BCUT2D eigenvalue weighted by Gasteiger charge is 2.19. The Morgan fingerprint density at radius 2 is 2.24 bits per heavy atom. The second-order valence-electron chi connectivity index (χ2n) is 5.06. The summed E-state index contributed by atoms with van der Waals surface area (Å²) in [5.74, 6) is 0.796. The Balaban J connectivity index is 2.19. The van der Waals surface area contributed by atoms with E-state index in [1.165, 1.54) is 17.7 Å². The van der Waals surface area contributed by atoms with E-state index >= 15 is 0 Å². The minimum Gasteiger partial charge on any atom is -0.371 e. The number of nitrogens with zero attached hydrogens (tertiary/aromatic N) is 1. The molecule has 0 bridgehead atoms. The second-order valence-corrected chi connectivity index (χ2v) is 5.46. The molecule has 1 aromatic rings. The van der Waals surface area contributed by atoms with Crippen molar-refractivity contribution < 1.29 is 0 Å². The van der Waals surface area contributed by atoms with Crippen molar-refractivity contribution in [3.8, 4) is 0 Å². The van der Waals surface area contributed by atoms with E-state index in [2.05, 4.69) is 42.3 Å². The fourth-order valence-electron chi connectivity index (χ4n) is 2.39. The average molecular weight is 253 g/mol. The molecule has 2 unspecified atom stereocenters. The van der Waals surface area contributed by atoms with Gasteiger partial charge in [0.05, 0.1) is 0 Å². The van der Waals surface area contributed by atoms with Gasteiger partial charge in [0.25, 0.3) is 0 Å². The predicted octanol–water partition coefficient (Wildman–Crippen LogP) is 3.47. The van der Waals surface area contributed by atoms with E-state index in [-0.39, 0.29) is 0 Å². The Hall–Kier alpha value is -0.730. The van der Waals surface area contributed by atoms with Gasteiger partial charge in [-0.3, -0.25) is 0 Å². The first-order chi connectivity index (χ1) is 8.11. The molecule has 1 N–H and O–H groups in total. The number of hydrogen-bond acceptors (Lipinski definition) is 2. The third-order valence-electron chi connectivity index (χ3n) is 3.67. The van der Waals surface area contributed by atoms with E-state index in [1.807, 2.05) is 7.05 Å². The molecule has 1 aromatic carbocycles. The van der Waals surface area contributed by atoms with Crippen LogP contribution in [0, 0.1) is 5.92 Å². The van der Waals surface area contributed by atoms with E-state index in [9.17, 15) is 0 Å². The van der Waals surface area contributed by atoms with E-state index < -0.39 is 0 Å². The van der Waals surface area contributed by atoms with E-state index in [1.54, 1.807) is 0 Å². The minimum atomic E-state index is 0.300. The van der Waals surface area contributed by atoms with Gasteiger partial charge in [-0.15, -0.1) is 0 Å². The van der Waals surface area contributed by atoms with Crippen LogP contribution in [0.25, 0.3) is 0 Å². The van der Waals surface area contributed by atoms with Gasteiger partial charge in [-0.1, -0.05) is 24.6 Å². The highest BCUT2D eigenvalue weighted by atomic mass is 35.5. The Kier molecular flexibility index (Phi) is 3.95. The summed E-state index contributed by atoms with van der Waals surface area (Å²) in [4.78, 5) is 2.42. The molecule has 0 aliphatic carbocycles. The number of anilines is 1. The first-order valence-electron chi connectivity index (χ1n) is 6.33. The average Bonchev–Trinajstić information content (AvgIpc) is 2.75. The van der Waals surface area contributed by atoms with Crippen molar-refractivity contribution in [3.63, 3.8) is 0 Å². The normalized spacial score (nSPS) is 21.9. The van der Waals surface area contributed by atoms with Crippen LogP contribution in [-0.4, -0.2) is 20.1 Å². The van der Waals surface area contributed by atoms with Crippen LogP contribution in [0.2, 0.25) is 5.02 Å². The fraction of sp³-hybridized carbons (Fsp3) is 0.571. The molecule has 0 radical (unpaired) electrons. The Bertz CT molecular complexity index is 392. The molecule has 17 heavy (non-hydrogen) atoms. The van der Waals surface area contributed by atoms with Crippen molar-refractivity contribution in [2.45, 2.75) is 26.3 Å². The largest absolute Gasteiger partial charge is 0.371 e. The van der Waals surface area contributed by atoms with Gasteiger partial charge in [-0.25, -0.2) is 0 Å². The Morgan fingerprint density at radius 3 is 2.76 bits per heavy atom. The molecule has 1 heterocycles. The van der Waals surface area contributed by atoms with Gasteiger partial charge in [0, 0.05) is 29.8 Å². The van der Waals surface area contributed by atoms with Crippen LogP contribution in [0.1, 0.15) is 31.9 Å². The SMILES string of the molecule is CNC(C)c1ccc(N2CCC(C)C2)cc1Cl. The number of halogens is 1. The number of hydrogen-bond donors (Lipinski definition) is 1. The third-order valence-corrected chi connectivity index (χ3v) is 4.00. The molecule has 1 aliphatic rings. The Labute approximate surface area is 109 Å². The molecule has 1 fully saturated rings. The quantitative estimate of drug-likeness (QED) is 0.886. The molecule has 2 nitrogen and oxygen atoms in total. The zero-order chi connectivity index (χ0) is 12.4. The van der Waals surface area contributed by atoms with Gasteiger partial charge in [-0.2, -0.15) is 0 Å². The molecule has 2 atom stereocenters. The molecule has 3 heteroatoms. The molecule has 1 saturated heterocycles. The number of nitrogens with one attached hydrogen (secondary N) is 1. The first kappa shape index (κ1) is 12.7. The van der Waals surface area contributed by atoms with Crippen molar-refractivity contribution >= 4 is 17.3 Å². The van der Waals surface area contributed by atoms with Crippen LogP contribution in [0.3, 0.4) is 0 Å². The van der Waals surface area contributed by atoms with Crippen LogP contribution >= 0.6 is 11.6 Å². The Morgan fingerprint density at radius 1 is 1.47 bits per heavy atom. The van der Waals surface area contributed by atoms with Gasteiger partial charge < -0.3 is 10.2 Å². The van der Waals surface area contributed by atoms with Crippen molar-refractivity contribution in [2.24, 2.45) is 5.92 Å². The summed E-state index contributed by atoms with van der Waals surface area (Å²) < 4.78 is 0. The van der Waals surface area contributed by atoms with E-state index in [0.29, 0.717) is 6.04 Å². The van der Waals surface area contributed by atoms with Crippen molar-refractivity contribution in [1.82, 2.24) is 5.32 Å². The topological polar surface area (TPSA) is 15.3 Å². The van der Waals surface area contributed by atoms with Crippen LogP contribution in [0.5, 0.6) is 0 Å². The lowest BCUT2D eigenvalue weighted by Gasteiger charge is -2.20. The molecule has 0 aromatic heterocycles. The van der Waals surface area contributed by atoms with Crippen molar-refractivity contribution in [2.75, 3.05) is 25.0 Å². The molecule has 1 aliphatic heterocycles. The lowest BCUT2D eigenvalue weighted by Crippen LogP contribution is -2.19. The maximum Gasteiger partial charge on any atom is 0.0474 e. The zero-order valence-corrected chi connectivity index (χ0v) is 11.6. The molecular weight excluding hydrogens is 232 g/mol. The van der Waals surface area contributed by atoms with E-state index in [0.717, 1.165) is 24.0 Å².